The number of hydrogen-bond donors (Lipinski definition) is 2. The van der Waals surface area contributed by atoms with Gasteiger partial charge in [0.1, 0.15) is 11.4 Å². The Balaban J connectivity index is 1.51. The maximum absolute atomic E-state index is 12.7. The number of halogens is 3. The Kier molecular flexibility index (Phi) is 6.80. The van der Waals surface area contributed by atoms with Crippen molar-refractivity contribution in [3.05, 3.63) is 57.6 Å². The number of nitrogens with zero attached hydrogens (tertiary/aromatic N) is 1. The maximum Gasteiger partial charge on any atom is 0.416 e. The molecule has 0 fully saturated rings. The van der Waals surface area contributed by atoms with Crippen molar-refractivity contribution in [1.29, 1.82) is 0 Å². The molecule has 0 atom stereocenters. The molecule has 10 nitrogen and oxygen atoms in total. The fraction of sp³-hybridized carbons (Fsp3) is 0.250. The van der Waals surface area contributed by atoms with Crippen molar-refractivity contribution in [3.63, 3.8) is 0 Å². The number of nitro groups is 1. The molecule has 2 amide bonds. The number of benzene rings is 2. The van der Waals surface area contributed by atoms with Gasteiger partial charge >= 0.3 is 12.1 Å². The van der Waals surface area contributed by atoms with Gasteiger partial charge < -0.3 is 20.1 Å². The number of rotatable bonds is 7. The highest BCUT2D eigenvalue weighted by Gasteiger charge is 2.33. The topological polar surface area (TPSA) is 137 Å². The van der Waals surface area contributed by atoms with Gasteiger partial charge in [-0.3, -0.25) is 19.7 Å². The van der Waals surface area contributed by atoms with Crippen molar-refractivity contribution in [1.82, 2.24) is 0 Å². The van der Waals surface area contributed by atoms with Gasteiger partial charge in [0.15, 0.2) is 13.2 Å². The van der Waals surface area contributed by atoms with E-state index in [1.807, 2.05) is 5.32 Å². The quantitative estimate of drug-likeness (QED) is 0.363. The normalized spacial score (nSPS) is 12.9. The first-order valence-corrected chi connectivity index (χ1v) is 9.39. The molecule has 2 aromatic rings. The molecule has 0 radical (unpaired) electrons. The zero-order chi connectivity index (χ0) is 24.2. The summed E-state index contributed by atoms with van der Waals surface area (Å²) in [5, 5.41) is 15.8. The number of nitrogens with one attached hydrogen (secondary N) is 2. The van der Waals surface area contributed by atoms with E-state index in [1.54, 1.807) is 12.1 Å². The van der Waals surface area contributed by atoms with E-state index in [4.69, 9.17) is 9.47 Å². The van der Waals surface area contributed by atoms with Crippen LogP contribution in [-0.2, 0) is 31.7 Å². The van der Waals surface area contributed by atoms with Gasteiger partial charge in [-0.05, 0) is 42.3 Å². The van der Waals surface area contributed by atoms with Crippen LogP contribution in [0, 0.1) is 10.1 Å². The highest BCUT2D eigenvalue weighted by Crippen LogP contribution is 2.35. The maximum atomic E-state index is 12.7. The first kappa shape index (κ1) is 23.5. The lowest BCUT2D eigenvalue weighted by molar-refractivity contribution is -0.384. The van der Waals surface area contributed by atoms with Crippen molar-refractivity contribution in [2.24, 2.45) is 0 Å². The SMILES string of the molecule is O=C1CCc2cc(OCC(=O)OCC(=O)Nc3ccc(C(F)(F)F)cc3[N+](=O)[O-])ccc2N1. The molecule has 0 saturated carbocycles. The molecule has 174 valence electrons. The average Bonchev–Trinajstić information content (AvgIpc) is 2.75. The molecule has 0 unspecified atom stereocenters. The lowest BCUT2D eigenvalue weighted by Crippen LogP contribution is -2.24. The molecule has 0 aromatic heterocycles. The minimum atomic E-state index is -4.80. The summed E-state index contributed by atoms with van der Waals surface area (Å²) in [7, 11) is 0. The van der Waals surface area contributed by atoms with Gasteiger partial charge in [0.05, 0.1) is 10.5 Å². The van der Waals surface area contributed by atoms with Gasteiger partial charge in [-0.15, -0.1) is 0 Å². The fourth-order valence-corrected chi connectivity index (χ4v) is 2.93. The van der Waals surface area contributed by atoms with E-state index in [9.17, 15) is 37.7 Å². The van der Waals surface area contributed by atoms with Gasteiger partial charge in [0, 0.05) is 18.2 Å². The number of carbonyl (C=O) groups excluding carboxylic acids is 3. The number of anilines is 2. The first-order chi connectivity index (χ1) is 15.5. The van der Waals surface area contributed by atoms with Crippen LogP contribution in [-0.4, -0.2) is 35.9 Å². The monoisotopic (exact) mass is 467 g/mol. The van der Waals surface area contributed by atoms with Gasteiger partial charge in [0.25, 0.3) is 11.6 Å². The lowest BCUT2D eigenvalue weighted by Gasteiger charge is -2.17. The van der Waals surface area contributed by atoms with Crippen LogP contribution in [0.2, 0.25) is 0 Å². The average molecular weight is 467 g/mol. The van der Waals surface area contributed by atoms with E-state index in [2.05, 4.69) is 5.32 Å². The number of nitro benzene ring substituents is 1. The molecule has 2 aromatic carbocycles. The summed E-state index contributed by atoms with van der Waals surface area (Å²) in [6, 6.07) is 6.42. The number of fused-ring (bicyclic) bond motifs is 1. The summed E-state index contributed by atoms with van der Waals surface area (Å²) in [6.45, 7) is -1.38. The zero-order valence-electron chi connectivity index (χ0n) is 16.7. The smallest absolute Gasteiger partial charge is 0.416 e. The molecule has 2 N–H and O–H groups in total. The fourth-order valence-electron chi connectivity index (χ4n) is 2.93. The molecular weight excluding hydrogens is 451 g/mol. The molecule has 13 heteroatoms. The van der Waals surface area contributed by atoms with Crippen molar-refractivity contribution in [3.8, 4) is 5.75 Å². The van der Waals surface area contributed by atoms with Crippen LogP contribution < -0.4 is 15.4 Å². The second kappa shape index (κ2) is 9.54. The molecule has 0 spiro atoms. The molecule has 1 aliphatic rings. The van der Waals surface area contributed by atoms with Gasteiger partial charge in [-0.25, -0.2) is 4.79 Å². The predicted octanol–water partition coefficient (Wildman–Crippen LogP) is 3.06. The van der Waals surface area contributed by atoms with Crippen molar-refractivity contribution in [2.75, 3.05) is 23.8 Å². The molecule has 0 saturated heterocycles. The Bertz CT molecular complexity index is 1120. The third kappa shape index (κ3) is 6.18. The first-order valence-electron chi connectivity index (χ1n) is 9.39. The number of ether oxygens (including phenoxy) is 2. The Hall–Kier alpha value is -4.16. The number of carbonyl (C=O) groups is 3. The summed E-state index contributed by atoms with van der Waals surface area (Å²) in [5.74, 6) is -1.67. The molecule has 0 aliphatic carbocycles. The number of esters is 1. The van der Waals surface area contributed by atoms with Crippen LogP contribution in [0.3, 0.4) is 0 Å². The largest absolute Gasteiger partial charge is 0.482 e. The minimum Gasteiger partial charge on any atom is -0.482 e. The third-order valence-electron chi connectivity index (χ3n) is 4.49. The van der Waals surface area contributed by atoms with Gasteiger partial charge in [0.2, 0.25) is 5.91 Å². The second-order valence-corrected chi connectivity index (χ2v) is 6.85. The zero-order valence-corrected chi connectivity index (χ0v) is 16.7. The van der Waals surface area contributed by atoms with E-state index in [-0.39, 0.29) is 5.91 Å². The highest BCUT2D eigenvalue weighted by atomic mass is 19.4. The lowest BCUT2D eigenvalue weighted by atomic mass is 10.0. The van der Waals surface area contributed by atoms with E-state index in [0.717, 1.165) is 11.6 Å². The van der Waals surface area contributed by atoms with E-state index >= 15 is 0 Å². The molecule has 3 rings (SSSR count). The van der Waals surface area contributed by atoms with Gasteiger partial charge in [-0.2, -0.15) is 13.2 Å². The number of hydrogen-bond acceptors (Lipinski definition) is 7. The van der Waals surface area contributed by atoms with Crippen molar-refractivity contribution in [2.45, 2.75) is 19.0 Å². The second-order valence-electron chi connectivity index (χ2n) is 6.85. The van der Waals surface area contributed by atoms with Crippen molar-refractivity contribution < 1.29 is 42.0 Å². The number of aryl methyl sites for hydroxylation is 1. The predicted molar refractivity (Wildman–Crippen MR) is 107 cm³/mol. The minimum absolute atomic E-state index is 0.0975. The Labute approximate surface area is 183 Å². The standard InChI is InChI=1S/C20H16F3N3O7/c21-20(22,23)12-2-4-15(16(8-12)26(30)31)25-18(28)9-33-19(29)10-32-13-3-5-14-11(7-13)1-6-17(27)24-14/h2-5,7-8H,1,6,9-10H2,(H,24,27)(H,25,28). The van der Waals surface area contributed by atoms with Crippen LogP contribution >= 0.6 is 0 Å². The Morgan fingerprint density at radius 1 is 1.12 bits per heavy atom. The van der Waals surface area contributed by atoms with E-state index in [0.29, 0.717) is 36.4 Å². The van der Waals surface area contributed by atoms with Crippen LogP contribution in [0.5, 0.6) is 5.75 Å². The van der Waals surface area contributed by atoms with E-state index < -0.39 is 53.1 Å². The molecular formula is C20H16F3N3O7. The van der Waals surface area contributed by atoms with E-state index in [1.165, 1.54) is 6.07 Å². The van der Waals surface area contributed by atoms with Crippen LogP contribution in [0.15, 0.2) is 36.4 Å². The summed E-state index contributed by atoms with van der Waals surface area (Å²) in [6.07, 6.45) is -3.96. The Morgan fingerprint density at radius 3 is 2.58 bits per heavy atom. The Morgan fingerprint density at radius 2 is 1.88 bits per heavy atom. The molecule has 33 heavy (non-hydrogen) atoms. The van der Waals surface area contributed by atoms with Crippen LogP contribution in [0.4, 0.5) is 30.2 Å². The van der Waals surface area contributed by atoms with Crippen molar-refractivity contribution >= 4 is 34.8 Å². The highest BCUT2D eigenvalue weighted by molar-refractivity contribution is 5.95. The summed E-state index contributed by atoms with van der Waals surface area (Å²) in [4.78, 5) is 45.1. The molecule has 0 bridgehead atoms. The summed E-state index contributed by atoms with van der Waals surface area (Å²) >= 11 is 0. The molecule has 1 aliphatic heterocycles. The summed E-state index contributed by atoms with van der Waals surface area (Å²) in [5.41, 5.74) is -1.21. The van der Waals surface area contributed by atoms with Crippen LogP contribution in [0.25, 0.3) is 0 Å². The number of amides is 2. The van der Waals surface area contributed by atoms with Gasteiger partial charge in [-0.1, -0.05) is 0 Å². The number of alkyl halides is 3. The van der Waals surface area contributed by atoms with Crippen LogP contribution in [0.1, 0.15) is 17.5 Å². The third-order valence-corrected chi connectivity index (χ3v) is 4.49. The summed E-state index contributed by atoms with van der Waals surface area (Å²) < 4.78 is 48.2. The molecule has 1 heterocycles.